The first kappa shape index (κ1) is 17.4. The summed E-state index contributed by atoms with van der Waals surface area (Å²) in [4.78, 5) is 0. The Hall–Kier alpha value is -2.04. The molecule has 1 heterocycles. The second kappa shape index (κ2) is 7.68. The van der Waals surface area contributed by atoms with Crippen molar-refractivity contribution in [2.45, 2.75) is 37.6 Å². The molecule has 0 aromatic heterocycles. The van der Waals surface area contributed by atoms with E-state index < -0.39 is 0 Å². The molecule has 0 bridgehead atoms. The van der Waals surface area contributed by atoms with E-state index in [1.807, 2.05) is 24.3 Å². The molecule has 2 aromatic carbocycles. The topological polar surface area (TPSA) is 50.7 Å². The second-order valence-electron chi connectivity index (χ2n) is 7.32. The van der Waals surface area contributed by atoms with Gasteiger partial charge in [-0.2, -0.15) is 0 Å². The Balaban J connectivity index is 1.56. The molecule has 4 nitrogen and oxygen atoms in total. The third kappa shape index (κ3) is 3.44. The highest BCUT2D eigenvalue weighted by Crippen LogP contribution is 2.43. The third-order valence-corrected chi connectivity index (χ3v) is 5.86. The van der Waals surface area contributed by atoms with Gasteiger partial charge in [-0.05, 0) is 85.7 Å². The summed E-state index contributed by atoms with van der Waals surface area (Å²) in [5.41, 5.74) is 2.83. The number of nitrogens with one attached hydrogen (secondary N) is 1. The SMILES string of the molecule is COc1ccc(Oc2ccc3c(c2)CCC2NCCC(CCO)C32)cc1. The molecular weight excluding hydrogens is 326 g/mol. The molecule has 0 spiro atoms. The lowest BCUT2D eigenvalue weighted by Crippen LogP contribution is -2.47. The molecule has 2 N–H and O–H groups in total. The quantitative estimate of drug-likeness (QED) is 0.857. The average Bonchev–Trinajstić information content (AvgIpc) is 2.68. The van der Waals surface area contributed by atoms with Crippen LogP contribution in [0.25, 0.3) is 0 Å². The van der Waals surface area contributed by atoms with Crippen LogP contribution in [0, 0.1) is 5.92 Å². The van der Waals surface area contributed by atoms with Crippen molar-refractivity contribution in [3.8, 4) is 17.2 Å². The van der Waals surface area contributed by atoms with Crippen LogP contribution in [-0.2, 0) is 6.42 Å². The van der Waals surface area contributed by atoms with E-state index in [-0.39, 0.29) is 6.61 Å². The van der Waals surface area contributed by atoms with Gasteiger partial charge in [0, 0.05) is 18.6 Å². The minimum Gasteiger partial charge on any atom is -0.497 e. The van der Waals surface area contributed by atoms with Gasteiger partial charge < -0.3 is 19.9 Å². The number of hydrogen-bond acceptors (Lipinski definition) is 4. The highest BCUT2D eigenvalue weighted by atomic mass is 16.5. The number of benzene rings is 2. The number of aryl methyl sites for hydroxylation is 1. The summed E-state index contributed by atoms with van der Waals surface area (Å²) in [5.74, 6) is 3.61. The fourth-order valence-electron chi connectivity index (χ4n) is 4.61. The van der Waals surface area contributed by atoms with Gasteiger partial charge in [0.2, 0.25) is 0 Å². The number of rotatable bonds is 5. The third-order valence-electron chi connectivity index (χ3n) is 5.86. The van der Waals surface area contributed by atoms with E-state index in [2.05, 4.69) is 23.5 Å². The van der Waals surface area contributed by atoms with Gasteiger partial charge in [-0.1, -0.05) is 6.07 Å². The molecule has 2 aromatic rings. The first-order valence-electron chi connectivity index (χ1n) is 9.57. The Morgan fingerprint density at radius 2 is 1.81 bits per heavy atom. The van der Waals surface area contributed by atoms with Crippen LogP contribution >= 0.6 is 0 Å². The summed E-state index contributed by atoms with van der Waals surface area (Å²) in [5, 5.41) is 13.1. The molecule has 0 saturated carbocycles. The van der Waals surface area contributed by atoms with E-state index in [1.54, 1.807) is 7.11 Å². The molecule has 1 aliphatic heterocycles. The van der Waals surface area contributed by atoms with E-state index in [1.165, 1.54) is 11.1 Å². The number of methoxy groups -OCH3 is 1. The lowest BCUT2D eigenvalue weighted by Gasteiger charge is -2.43. The van der Waals surface area contributed by atoms with Crippen LogP contribution in [0.3, 0.4) is 0 Å². The lowest BCUT2D eigenvalue weighted by molar-refractivity contribution is 0.180. The summed E-state index contributed by atoms with van der Waals surface area (Å²) in [6.07, 6.45) is 4.28. The van der Waals surface area contributed by atoms with E-state index in [0.717, 1.165) is 49.5 Å². The summed E-state index contributed by atoms with van der Waals surface area (Å²) in [6.45, 7) is 1.35. The molecule has 4 rings (SSSR count). The standard InChI is InChI=1S/C22H27NO3/c1-25-17-3-5-18(6-4-17)26-19-7-8-20-16(14-19)2-9-21-22(20)15(11-13-24)10-12-23-21/h3-8,14-15,21-24H,2,9-13H2,1H3. The van der Waals surface area contributed by atoms with Crippen molar-refractivity contribution in [3.05, 3.63) is 53.6 Å². The van der Waals surface area contributed by atoms with Crippen molar-refractivity contribution >= 4 is 0 Å². The first-order chi connectivity index (χ1) is 12.8. The largest absolute Gasteiger partial charge is 0.497 e. The molecule has 1 saturated heterocycles. The Bertz CT molecular complexity index is 742. The number of aliphatic hydroxyl groups is 1. The molecule has 1 fully saturated rings. The number of piperidine rings is 1. The van der Waals surface area contributed by atoms with Crippen LogP contribution in [-0.4, -0.2) is 31.4 Å². The maximum absolute atomic E-state index is 9.45. The highest BCUT2D eigenvalue weighted by Gasteiger charge is 2.37. The van der Waals surface area contributed by atoms with Crippen LogP contribution in [0.5, 0.6) is 17.2 Å². The lowest BCUT2D eigenvalue weighted by atomic mass is 9.69. The zero-order chi connectivity index (χ0) is 17.9. The van der Waals surface area contributed by atoms with Crippen molar-refractivity contribution in [3.63, 3.8) is 0 Å². The van der Waals surface area contributed by atoms with Crippen LogP contribution in [0.2, 0.25) is 0 Å². The number of ether oxygens (including phenoxy) is 2. The smallest absolute Gasteiger partial charge is 0.127 e. The van der Waals surface area contributed by atoms with Gasteiger partial charge in [0.25, 0.3) is 0 Å². The van der Waals surface area contributed by atoms with Gasteiger partial charge in [0.05, 0.1) is 7.11 Å². The Kier molecular flexibility index (Phi) is 5.14. The second-order valence-corrected chi connectivity index (χ2v) is 7.32. The summed E-state index contributed by atoms with van der Waals surface area (Å²) >= 11 is 0. The monoisotopic (exact) mass is 353 g/mol. The fraction of sp³-hybridized carbons (Fsp3) is 0.455. The molecule has 0 amide bonds. The van der Waals surface area contributed by atoms with E-state index in [0.29, 0.717) is 17.9 Å². The van der Waals surface area contributed by atoms with Crippen LogP contribution in [0.1, 0.15) is 36.3 Å². The van der Waals surface area contributed by atoms with E-state index in [4.69, 9.17) is 9.47 Å². The molecule has 2 aliphatic rings. The van der Waals surface area contributed by atoms with Gasteiger partial charge >= 0.3 is 0 Å². The van der Waals surface area contributed by atoms with E-state index in [9.17, 15) is 5.11 Å². The van der Waals surface area contributed by atoms with Gasteiger partial charge in [-0.15, -0.1) is 0 Å². The fourth-order valence-corrected chi connectivity index (χ4v) is 4.61. The average molecular weight is 353 g/mol. The van der Waals surface area contributed by atoms with Gasteiger partial charge in [-0.3, -0.25) is 0 Å². The first-order valence-corrected chi connectivity index (χ1v) is 9.57. The number of fused-ring (bicyclic) bond motifs is 3. The zero-order valence-corrected chi connectivity index (χ0v) is 15.3. The minimum atomic E-state index is 0.280. The van der Waals surface area contributed by atoms with Crippen LogP contribution < -0.4 is 14.8 Å². The minimum absolute atomic E-state index is 0.280. The van der Waals surface area contributed by atoms with Crippen LogP contribution in [0.4, 0.5) is 0 Å². The molecule has 138 valence electrons. The normalized spacial score (nSPS) is 24.5. The molecule has 3 atom stereocenters. The maximum Gasteiger partial charge on any atom is 0.127 e. The number of aliphatic hydroxyl groups excluding tert-OH is 1. The summed E-state index contributed by atoms with van der Waals surface area (Å²) < 4.78 is 11.2. The van der Waals surface area contributed by atoms with Gasteiger partial charge in [-0.25, -0.2) is 0 Å². The van der Waals surface area contributed by atoms with Crippen molar-refractivity contribution in [2.75, 3.05) is 20.3 Å². The zero-order valence-electron chi connectivity index (χ0n) is 15.3. The van der Waals surface area contributed by atoms with E-state index >= 15 is 0 Å². The van der Waals surface area contributed by atoms with Crippen molar-refractivity contribution < 1.29 is 14.6 Å². The Labute approximate surface area is 155 Å². The van der Waals surface area contributed by atoms with Gasteiger partial charge in [0.1, 0.15) is 17.2 Å². The Morgan fingerprint density at radius 1 is 1.04 bits per heavy atom. The molecule has 0 radical (unpaired) electrons. The maximum atomic E-state index is 9.45. The highest BCUT2D eigenvalue weighted by molar-refractivity contribution is 5.43. The predicted octanol–water partition coefficient (Wildman–Crippen LogP) is 3.88. The molecule has 1 aliphatic carbocycles. The van der Waals surface area contributed by atoms with Crippen molar-refractivity contribution in [1.29, 1.82) is 0 Å². The molecule has 3 unspecified atom stereocenters. The molecular formula is C22H27NO3. The predicted molar refractivity (Wildman–Crippen MR) is 102 cm³/mol. The summed E-state index contributed by atoms with van der Waals surface area (Å²) in [6, 6.07) is 14.7. The summed E-state index contributed by atoms with van der Waals surface area (Å²) in [7, 11) is 1.66. The molecule has 4 heteroatoms. The van der Waals surface area contributed by atoms with Gasteiger partial charge in [0.15, 0.2) is 0 Å². The Morgan fingerprint density at radius 3 is 2.58 bits per heavy atom. The van der Waals surface area contributed by atoms with Crippen LogP contribution in [0.15, 0.2) is 42.5 Å². The van der Waals surface area contributed by atoms with Crippen molar-refractivity contribution in [1.82, 2.24) is 5.32 Å². The number of hydrogen-bond donors (Lipinski definition) is 2. The molecule has 26 heavy (non-hydrogen) atoms. The van der Waals surface area contributed by atoms with Crippen molar-refractivity contribution in [2.24, 2.45) is 5.92 Å².